The van der Waals surface area contributed by atoms with Crippen LogP contribution in [0.5, 0.6) is 0 Å². The molecule has 1 aromatic rings. The van der Waals surface area contributed by atoms with E-state index in [-0.39, 0.29) is 11.1 Å². The van der Waals surface area contributed by atoms with Gasteiger partial charge in [-0.25, -0.2) is 0 Å². The summed E-state index contributed by atoms with van der Waals surface area (Å²) >= 11 is 0. The van der Waals surface area contributed by atoms with Gasteiger partial charge in [0.25, 0.3) is 0 Å². The fourth-order valence-corrected chi connectivity index (χ4v) is 2.38. The first-order chi connectivity index (χ1) is 7.41. The Morgan fingerprint density at radius 3 is 2.31 bits per heavy atom. The maximum absolute atomic E-state index is 11.0. The number of aromatic amines is 1. The Hall–Kier alpha value is -1.09. The first-order valence-electron chi connectivity index (χ1n) is 5.90. The van der Waals surface area contributed by atoms with Gasteiger partial charge in [0.05, 0.1) is 0 Å². The van der Waals surface area contributed by atoms with Gasteiger partial charge in [0.15, 0.2) is 0 Å². The summed E-state index contributed by atoms with van der Waals surface area (Å²) in [6.45, 7) is 4.58. The number of nitrogens with one attached hydrogen (secondary N) is 1. The minimum Gasteiger partial charge on any atom is -0.329 e. The van der Waals surface area contributed by atoms with Gasteiger partial charge in [0, 0.05) is 17.8 Å². The number of nitrogens with two attached hydrogens (primary N) is 1. The molecule has 1 fully saturated rings. The summed E-state index contributed by atoms with van der Waals surface area (Å²) in [5.41, 5.74) is 7.58. The van der Waals surface area contributed by atoms with Crippen LogP contribution >= 0.6 is 0 Å². The second kappa shape index (κ2) is 3.74. The number of rotatable bonds is 1. The van der Waals surface area contributed by atoms with E-state index in [0.717, 1.165) is 31.2 Å². The van der Waals surface area contributed by atoms with Crippen molar-refractivity contribution in [1.82, 2.24) is 4.98 Å². The van der Waals surface area contributed by atoms with Crippen LogP contribution in [0.25, 0.3) is 0 Å². The molecule has 1 aliphatic rings. The molecule has 16 heavy (non-hydrogen) atoms. The minimum atomic E-state index is -0.250. The van der Waals surface area contributed by atoms with Crippen LogP contribution < -0.4 is 11.3 Å². The number of hydrogen-bond acceptors (Lipinski definition) is 2. The molecular formula is C13H20N2O. The summed E-state index contributed by atoms with van der Waals surface area (Å²) in [5.74, 6) is 0. The smallest absolute Gasteiger partial charge is 0.247 e. The topological polar surface area (TPSA) is 58.9 Å². The zero-order valence-corrected chi connectivity index (χ0v) is 10.0. The Kier molecular flexibility index (Phi) is 2.66. The molecule has 0 aromatic carbocycles. The fraction of sp³-hybridized carbons (Fsp3) is 0.615. The summed E-state index contributed by atoms with van der Waals surface area (Å²) in [5, 5.41) is 0. The van der Waals surface area contributed by atoms with Gasteiger partial charge >= 0.3 is 0 Å². The highest BCUT2D eigenvalue weighted by Gasteiger charge is 2.36. The van der Waals surface area contributed by atoms with Crippen molar-refractivity contribution in [3.05, 3.63) is 34.2 Å². The number of pyridine rings is 1. The van der Waals surface area contributed by atoms with Crippen molar-refractivity contribution in [3.63, 3.8) is 0 Å². The molecule has 3 N–H and O–H groups in total. The van der Waals surface area contributed by atoms with Crippen molar-refractivity contribution in [2.24, 2.45) is 11.1 Å². The average Bonchev–Trinajstić information content (AvgIpc) is 2.24. The van der Waals surface area contributed by atoms with Gasteiger partial charge in [-0.1, -0.05) is 19.9 Å². The Morgan fingerprint density at radius 2 is 1.81 bits per heavy atom. The van der Waals surface area contributed by atoms with E-state index in [2.05, 4.69) is 18.8 Å². The molecule has 0 bridgehead atoms. The Bertz CT molecular complexity index is 403. The number of aromatic nitrogens is 1. The van der Waals surface area contributed by atoms with E-state index in [1.54, 1.807) is 12.3 Å². The van der Waals surface area contributed by atoms with Crippen molar-refractivity contribution in [1.29, 1.82) is 0 Å². The van der Waals surface area contributed by atoms with Gasteiger partial charge in [0.2, 0.25) is 5.56 Å². The normalized spacial score (nSPS) is 22.9. The molecule has 0 amide bonds. The van der Waals surface area contributed by atoms with Gasteiger partial charge in [-0.2, -0.15) is 0 Å². The van der Waals surface area contributed by atoms with E-state index in [1.165, 1.54) is 0 Å². The second-order valence-corrected chi connectivity index (χ2v) is 5.76. The lowest BCUT2D eigenvalue weighted by Crippen LogP contribution is -2.42. The lowest BCUT2D eigenvalue weighted by molar-refractivity contribution is 0.165. The van der Waals surface area contributed by atoms with Gasteiger partial charge in [0.1, 0.15) is 0 Å². The van der Waals surface area contributed by atoms with Gasteiger partial charge in [-0.3, -0.25) is 4.79 Å². The molecule has 0 atom stereocenters. The van der Waals surface area contributed by atoms with E-state index < -0.39 is 0 Å². The van der Waals surface area contributed by atoms with Crippen molar-refractivity contribution >= 4 is 0 Å². The summed E-state index contributed by atoms with van der Waals surface area (Å²) < 4.78 is 0. The molecule has 3 heteroatoms. The minimum absolute atomic E-state index is 0.0662. The first kappa shape index (κ1) is 11.4. The molecule has 0 saturated heterocycles. The van der Waals surface area contributed by atoms with E-state index >= 15 is 0 Å². The maximum Gasteiger partial charge on any atom is 0.247 e. The fourth-order valence-electron chi connectivity index (χ4n) is 2.38. The third kappa shape index (κ3) is 2.19. The summed E-state index contributed by atoms with van der Waals surface area (Å²) in [6, 6.07) is 3.42. The summed E-state index contributed by atoms with van der Waals surface area (Å²) in [4.78, 5) is 13.7. The third-order valence-electron chi connectivity index (χ3n) is 3.85. The van der Waals surface area contributed by atoms with E-state index in [9.17, 15) is 4.79 Å². The highest BCUT2D eigenvalue weighted by molar-refractivity contribution is 5.21. The third-order valence-corrected chi connectivity index (χ3v) is 3.85. The van der Waals surface area contributed by atoms with Gasteiger partial charge in [-0.15, -0.1) is 0 Å². The monoisotopic (exact) mass is 220 g/mol. The lowest BCUT2D eigenvalue weighted by atomic mass is 9.68. The van der Waals surface area contributed by atoms with Crippen molar-refractivity contribution in [2.75, 3.05) is 0 Å². The van der Waals surface area contributed by atoms with Crippen molar-refractivity contribution in [2.45, 2.75) is 45.1 Å². The average molecular weight is 220 g/mol. The Balaban J connectivity index is 2.21. The van der Waals surface area contributed by atoms with Crippen LogP contribution in [0.2, 0.25) is 0 Å². The molecule has 2 rings (SSSR count). The molecule has 1 saturated carbocycles. The zero-order chi connectivity index (χ0) is 11.8. The van der Waals surface area contributed by atoms with Crippen LogP contribution in [0.4, 0.5) is 0 Å². The first-order valence-corrected chi connectivity index (χ1v) is 5.90. The van der Waals surface area contributed by atoms with Crippen LogP contribution in [-0.4, -0.2) is 4.98 Å². The molecular weight excluding hydrogens is 200 g/mol. The van der Waals surface area contributed by atoms with E-state index in [4.69, 9.17) is 5.73 Å². The van der Waals surface area contributed by atoms with Crippen LogP contribution in [0, 0.1) is 5.41 Å². The summed E-state index contributed by atoms with van der Waals surface area (Å²) in [7, 11) is 0. The van der Waals surface area contributed by atoms with Gasteiger partial charge < -0.3 is 10.7 Å². The van der Waals surface area contributed by atoms with E-state index in [0.29, 0.717) is 5.41 Å². The molecule has 88 valence electrons. The van der Waals surface area contributed by atoms with E-state index in [1.807, 2.05) is 6.07 Å². The Morgan fingerprint density at radius 1 is 1.19 bits per heavy atom. The van der Waals surface area contributed by atoms with Crippen LogP contribution in [0.15, 0.2) is 23.1 Å². The van der Waals surface area contributed by atoms with Crippen molar-refractivity contribution in [3.8, 4) is 0 Å². The predicted molar refractivity (Wildman–Crippen MR) is 65.2 cm³/mol. The highest BCUT2D eigenvalue weighted by atomic mass is 16.1. The highest BCUT2D eigenvalue weighted by Crippen LogP contribution is 2.43. The maximum atomic E-state index is 11.0. The number of hydrogen-bond donors (Lipinski definition) is 2. The molecule has 0 radical (unpaired) electrons. The molecule has 1 aliphatic carbocycles. The molecule has 0 spiro atoms. The summed E-state index contributed by atoms with van der Waals surface area (Å²) in [6.07, 6.45) is 6.03. The quantitative estimate of drug-likeness (QED) is 0.761. The molecule has 0 aliphatic heterocycles. The molecule has 1 aromatic heterocycles. The SMILES string of the molecule is CC1(C)CCC(N)(c2ccc(=O)[nH]c2)CC1. The van der Waals surface area contributed by atoms with Crippen molar-refractivity contribution < 1.29 is 0 Å². The largest absolute Gasteiger partial charge is 0.329 e. The second-order valence-electron chi connectivity index (χ2n) is 5.76. The molecule has 1 heterocycles. The zero-order valence-electron chi connectivity index (χ0n) is 10.0. The molecule has 3 nitrogen and oxygen atoms in total. The Labute approximate surface area is 96.1 Å². The standard InChI is InChI=1S/C13H20N2O/c1-12(2)5-7-13(14,8-6-12)10-3-4-11(16)15-9-10/h3-4,9H,5-8,14H2,1-2H3,(H,15,16). The lowest BCUT2D eigenvalue weighted by Gasteiger charge is -2.41. The van der Waals surface area contributed by atoms with Crippen LogP contribution in [-0.2, 0) is 5.54 Å². The van der Waals surface area contributed by atoms with Gasteiger partial charge in [-0.05, 0) is 36.7 Å². The predicted octanol–water partition coefficient (Wildman–Crippen LogP) is 2.13. The molecule has 0 unspecified atom stereocenters. The van der Waals surface area contributed by atoms with Crippen LogP contribution in [0.3, 0.4) is 0 Å². The number of H-pyrrole nitrogens is 1. The van der Waals surface area contributed by atoms with Crippen LogP contribution in [0.1, 0.15) is 45.1 Å².